The number of ether oxygens (including phenoxy) is 2. The maximum absolute atomic E-state index is 12.6. The van der Waals surface area contributed by atoms with Crippen LogP contribution in [0.5, 0.6) is 11.5 Å². The first-order valence-corrected chi connectivity index (χ1v) is 9.25. The van der Waals surface area contributed by atoms with Gasteiger partial charge in [-0.15, -0.1) is 0 Å². The fourth-order valence-corrected chi connectivity index (χ4v) is 3.55. The van der Waals surface area contributed by atoms with Gasteiger partial charge in [-0.2, -0.15) is 0 Å². The second-order valence-corrected chi connectivity index (χ2v) is 6.74. The molecule has 6 heteroatoms. The highest BCUT2D eigenvalue weighted by Gasteiger charge is 2.27. The van der Waals surface area contributed by atoms with Crippen molar-refractivity contribution in [3.05, 3.63) is 78.1 Å². The van der Waals surface area contributed by atoms with Crippen LogP contribution in [0.25, 0.3) is 5.69 Å². The van der Waals surface area contributed by atoms with Gasteiger partial charge in [0.15, 0.2) is 11.5 Å². The summed E-state index contributed by atoms with van der Waals surface area (Å²) < 4.78 is 13.5. The summed E-state index contributed by atoms with van der Waals surface area (Å²) in [6.07, 6.45) is 1.34. The second kappa shape index (κ2) is 6.88. The van der Waals surface area contributed by atoms with Crippen molar-refractivity contribution in [2.45, 2.75) is 12.6 Å². The smallest absolute Gasteiger partial charge is 0.265 e. The Morgan fingerprint density at radius 2 is 1.89 bits per heavy atom. The van der Waals surface area contributed by atoms with E-state index in [0.717, 1.165) is 22.7 Å². The fraction of sp³-hybridized carbons (Fsp3) is 0.182. The predicted octanol–water partition coefficient (Wildman–Crippen LogP) is 2.74. The van der Waals surface area contributed by atoms with Crippen LogP contribution in [-0.2, 0) is 11.3 Å². The molecule has 1 N–H and O–H groups in total. The molecule has 3 aromatic rings. The molecule has 0 saturated heterocycles. The van der Waals surface area contributed by atoms with E-state index in [-0.39, 0.29) is 12.5 Å². The summed E-state index contributed by atoms with van der Waals surface area (Å²) >= 11 is 0. The number of para-hydroxylation sites is 3. The van der Waals surface area contributed by atoms with Crippen molar-refractivity contribution < 1.29 is 14.3 Å². The molecule has 1 aromatic heterocycles. The molecule has 5 rings (SSSR count). The normalized spacial score (nSPS) is 17.0. The highest BCUT2D eigenvalue weighted by atomic mass is 16.6. The number of fused-ring (bicyclic) bond motifs is 4. The molecule has 2 aromatic carbocycles. The summed E-state index contributed by atoms with van der Waals surface area (Å²) in [5.41, 5.74) is 4.10. The maximum atomic E-state index is 12.6. The summed E-state index contributed by atoms with van der Waals surface area (Å²) in [5.74, 6) is 1.04. The number of amides is 1. The van der Waals surface area contributed by atoms with Gasteiger partial charge in [0.1, 0.15) is 6.61 Å². The van der Waals surface area contributed by atoms with E-state index >= 15 is 0 Å². The molecule has 0 spiro atoms. The molecule has 2 aliphatic rings. The number of carbonyl (C=O) groups excluding carboxylic acids is 1. The number of nitrogens with zero attached hydrogens (tertiary/aromatic N) is 2. The van der Waals surface area contributed by atoms with Gasteiger partial charge in [0.2, 0.25) is 6.10 Å². The number of aromatic nitrogens is 1. The van der Waals surface area contributed by atoms with Crippen molar-refractivity contribution in [1.82, 2.24) is 9.88 Å². The minimum absolute atomic E-state index is 0.192. The van der Waals surface area contributed by atoms with E-state index in [9.17, 15) is 4.79 Å². The number of carbonyl (C=O) groups is 1. The van der Waals surface area contributed by atoms with Gasteiger partial charge in [-0.05, 0) is 35.9 Å². The van der Waals surface area contributed by atoms with Crippen molar-refractivity contribution >= 4 is 11.6 Å². The molecule has 0 saturated carbocycles. The summed E-state index contributed by atoms with van der Waals surface area (Å²) in [6.45, 7) is 1.11. The van der Waals surface area contributed by atoms with Gasteiger partial charge >= 0.3 is 0 Å². The minimum atomic E-state index is -0.676. The highest BCUT2D eigenvalue weighted by molar-refractivity contribution is 6.03. The Kier molecular flexibility index (Phi) is 4.09. The molecule has 0 radical (unpaired) electrons. The molecule has 1 unspecified atom stereocenters. The molecule has 3 heterocycles. The average Bonchev–Trinajstić information content (AvgIpc) is 3.17. The summed E-state index contributed by atoms with van der Waals surface area (Å²) in [7, 11) is 0. The third kappa shape index (κ3) is 2.93. The molecule has 1 amide bonds. The highest BCUT2D eigenvalue weighted by Crippen LogP contribution is 2.30. The fourth-order valence-electron chi connectivity index (χ4n) is 3.55. The van der Waals surface area contributed by atoms with E-state index in [1.165, 1.54) is 0 Å². The molecular formula is C22H19N3O3. The van der Waals surface area contributed by atoms with E-state index in [1.54, 1.807) is 6.07 Å². The van der Waals surface area contributed by atoms with Crippen molar-refractivity contribution in [3.8, 4) is 17.2 Å². The zero-order valence-corrected chi connectivity index (χ0v) is 15.2. The lowest BCUT2D eigenvalue weighted by Crippen LogP contribution is -2.45. The maximum Gasteiger partial charge on any atom is 0.265 e. The van der Waals surface area contributed by atoms with Crippen LogP contribution in [0, 0.1) is 0 Å². The van der Waals surface area contributed by atoms with Crippen LogP contribution in [0.2, 0.25) is 0 Å². The topological polar surface area (TPSA) is 64.9 Å². The quantitative estimate of drug-likeness (QED) is 0.768. The van der Waals surface area contributed by atoms with Gasteiger partial charge in [0.05, 0.1) is 30.2 Å². The van der Waals surface area contributed by atoms with E-state index in [4.69, 9.17) is 14.5 Å². The number of hydrogen-bond donors (Lipinski definition) is 1. The predicted molar refractivity (Wildman–Crippen MR) is 105 cm³/mol. The number of aliphatic imine (C=N–C) groups is 1. The third-order valence-electron chi connectivity index (χ3n) is 4.97. The summed E-state index contributed by atoms with van der Waals surface area (Å²) in [6, 6.07) is 19.6. The van der Waals surface area contributed by atoms with Crippen LogP contribution in [0.15, 0.2) is 71.9 Å². The Balaban J connectivity index is 1.31. The van der Waals surface area contributed by atoms with E-state index in [1.807, 2.05) is 48.7 Å². The Morgan fingerprint density at radius 3 is 2.82 bits per heavy atom. The molecule has 0 aliphatic carbocycles. The zero-order valence-electron chi connectivity index (χ0n) is 15.2. The number of hydrogen-bond acceptors (Lipinski definition) is 4. The van der Waals surface area contributed by atoms with Crippen LogP contribution in [0.1, 0.15) is 11.3 Å². The monoisotopic (exact) mass is 373 g/mol. The molecule has 28 heavy (non-hydrogen) atoms. The standard InChI is InChI=1S/C22H19N3O3/c26-22(21-14-27-19-9-3-4-10-20(19)28-21)24-13-16-18-8-5-11-25(18)17-7-2-1-6-15(17)12-23-16/h1-11,21H,12-14H2,(H,24,26). The first-order chi connectivity index (χ1) is 13.8. The number of nitrogens with one attached hydrogen (secondary N) is 1. The van der Waals surface area contributed by atoms with Crippen LogP contribution < -0.4 is 14.8 Å². The van der Waals surface area contributed by atoms with Gasteiger partial charge in [-0.1, -0.05) is 30.3 Å². The van der Waals surface area contributed by atoms with Crippen molar-refractivity contribution in [1.29, 1.82) is 0 Å². The van der Waals surface area contributed by atoms with E-state index < -0.39 is 6.10 Å². The summed E-state index contributed by atoms with van der Waals surface area (Å²) in [5, 5.41) is 2.95. The van der Waals surface area contributed by atoms with E-state index in [0.29, 0.717) is 24.6 Å². The Hall–Kier alpha value is -3.54. The molecule has 0 fully saturated rings. The van der Waals surface area contributed by atoms with Crippen LogP contribution in [0.3, 0.4) is 0 Å². The van der Waals surface area contributed by atoms with Crippen molar-refractivity contribution in [2.75, 3.05) is 13.2 Å². The molecule has 6 nitrogen and oxygen atoms in total. The Morgan fingerprint density at radius 1 is 1.07 bits per heavy atom. The minimum Gasteiger partial charge on any atom is -0.485 e. The lowest BCUT2D eigenvalue weighted by atomic mass is 10.2. The average molecular weight is 373 g/mol. The lowest BCUT2D eigenvalue weighted by Gasteiger charge is -2.25. The largest absolute Gasteiger partial charge is 0.485 e. The molecule has 2 aliphatic heterocycles. The van der Waals surface area contributed by atoms with Crippen molar-refractivity contribution in [2.24, 2.45) is 4.99 Å². The van der Waals surface area contributed by atoms with Crippen LogP contribution >= 0.6 is 0 Å². The number of benzene rings is 2. The third-order valence-corrected chi connectivity index (χ3v) is 4.97. The van der Waals surface area contributed by atoms with Gasteiger partial charge in [0.25, 0.3) is 5.91 Å². The van der Waals surface area contributed by atoms with Crippen LogP contribution in [-0.4, -0.2) is 35.4 Å². The molecule has 0 bridgehead atoms. The van der Waals surface area contributed by atoms with Gasteiger partial charge in [-0.3, -0.25) is 9.79 Å². The second-order valence-electron chi connectivity index (χ2n) is 6.74. The van der Waals surface area contributed by atoms with Gasteiger partial charge in [-0.25, -0.2) is 0 Å². The number of rotatable bonds is 3. The van der Waals surface area contributed by atoms with Gasteiger partial charge in [0, 0.05) is 6.20 Å². The Labute approximate surface area is 162 Å². The van der Waals surface area contributed by atoms with Crippen molar-refractivity contribution in [3.63, 3.8) is 0 Å². The zero-order chi connectivity index (χ0) is 18.9. The van der Waals surface area contributed by atoms with Gasteiger partial charge < -0.3 is 19.4 Å². The first-order valence-electron chi connectivity index (χ1n) is 9.25. The first kappa shape index (κ1) is 16.6. The summed E-state index contributed by atoms with van der Waals surface area (Å²) in [4.78, 5) is 17.4. The molecule has 140 valence electrons. The lowest BCUT2D eigenvalue weighted by molar-refractivity contribution is -0.130. The van der Waals surface area contributed by atoms with E-state index in [2.05, 4.69) is 22.0 Å². The SMILES string of the molecule is O=C(NCC1=NCc2ccccc2-n2cccc21)C1COc2ccccc2O1. The molecular weight excluding hydrogens is 354 g/mol. The Bertz CT molecular complexity index is 1070. The van der Waals surface area contributed by atoms with Crippen LogP contribution in [0.4, 0.5) is 0 Å². The molecule has 1 atom stereocenters.